The molecule has 4 nitrogen and oxygen atoms in total. The molecule has 1 aromatic carbocycles. The SMILES string of the molecule is CCSc1cc(Cl)ccc1C(=O)NC(C)CC(=O)O. The Morgan fingerprint density at radius 2 is 2.16 bits per heavy atom. The summed E-state index contributed by atoms with van der Waals surface area (Å²) < 4.78 is 0. The number of benzene rings is 1. The van der Waals surface area contributed by atoms with Gasteiger partial charge in [0.25, 0.3) is 5.91 Å². The lowest BCUT2D eigenvalue weighted by atomic mass is 10.1. The largest absolute Gasteiger partial charge is 0.481 e. The van der Waals surface area contributed by atoms with E-state index in [9.17, 15) is 9.59 Å². The maximum atomic E-state index is 12.1. The maximum Gasteiger partial charge on any atom is 0.305 e. The molecule has 104 valence electrons. The highest BCUT2D eigenvalue weighted by atomic mass is 35.5. The number of hydrogen-bond donors (Lipinski definition) is 2. The van der Waals surface area contributed by atoms with Crippen molar-refractivity contribution in [3.63, 3.8) is 0 Å². The zero-order valence-corrected chi connectivity index (χ0v) is 12.3. The summed E-state index contributed by atoms with van der Waals surface area (Å²) >= 11 is 7.43. The zero-order valence-electron chi connectivity index (χ0n) is 10.8. The molecule has 0 radical (unpaired) electrons. The highest BCUT2D eigenvalue weighted by molar-refractivity contribution is 7.99. The van der Waals surface area contributed by atoms with Crippen LogP contribution in [-0.4, -0.2) is 28.8 Å². The molecule has 0 saturated heterocycles. The van der Waals surface area contributed by atoms with Gasteiger partial charge in [-0.2, -0.15) is 0 Å². The number of rotatable bonds is 6. The van der Waals surface area contributed by atoms with E-state index in [1.54, 1.807) is 25.1 Å². The molecule has 0 heterocycles. The van der Waals surface area contributed by atoms with Gasteiger partial charge in [-0.15, -0.1) is 11.8 Å². The third-order valence-electron chi connectivity index (χ3n) is 2.35. The van der Waals surface area contributed by atoms with Crippen LogP contribution in [0.5, 0.6) is 0 Å². The highest BCUT2D eigenvalue weighted by Gasteiger charge is 2.15. The van der Waals surface area contributed by atoms with Crippen molar-refractivity contribution in [1.82, 2.24) is 5.32 Å². The lowest BCUT2D eigenvalue weighted by Gasteiger charge is -2.14. The van der Waals surface area contributed by atoms with E-state index in [4.69, 9.17) is 16.7 Å². The lowest BCUT2D eigenvalue weighted by Crippen LogP contribution is -2.34. The molecule has 1 atom stereocenters. The van der Waals surface area contributed by atoms with E-state index in [1.165, 1.54) is 11.8 Å². The summed E-state index contributed by atoms with van der Waals surface area (Å²) in [5.41, 5.74) is 0.522. The van der Waals surface area contributed by atoms with Gasteiger partial charge < -0.3 is 10.4 Å². The molecule has 19 heavy (non-hydrogen) atoms. The Bertz CT molecular complexity index is 479. The minimum Gasteiger partial charge on any atom is -0.481 e. The Kier molecular flexibility index (Phi) is 6.18. The molecule has 0 aliphatic rings. The van der Waals surface area contributed by atoms with Gasteiger partial charge in [-0.25, -0.2) is 0 Å². The number of carboxylic acid groups (broad SMARTS) is 1. The van der Waals surface area contributed by atoms with E-state index < -0.39 is 12.0 Å². The molecular weight excluding hydrogens is 286 g/mol. The van der Waals surface area contributed by atoms with Gasteiger partial charge in [0, 0.05) is 16.0 Å². The van der Waals surface area contributed by atoms with Crippen LogP contribution in [0.4, 0.5) is 0 Å². The Hall–Kier alpha value is -1.20. The van der Waals surface area contributed by atoms with Gasteiger partial charge in [-0.1, -0.05) is 18.5 Å². The summed E-state index contributed by atoms with van der Waals surface area (Å²) in [4.78, 5) is 23.5. The monoisotopic (exact) mass is 301 g/mol. The van der Waals surface area contributed by atoms with E-state index >= 15 is 0 Å². The predicted molar refractivity (Wildman–Crippen MR) is 77.0 cm³/mol. The molecule has 1 rings (SSSR count). The van der Waals surface area contributed by atoms with Crippen LogP contribution >= 0.6 is 23.4 Å². The second kappa shape index (κ2) is 7.40. The third kappa shape index (κ3) is 5.12. The van der Waals surface area contributed by atoms with Crippen molar-refractivity contribution in [2.45, 2.75) is 31.2 Å². The van der Waals surface area contributed by atoms with Crippen LogP contribution in [0.25, 0.3) is 0 Å². The predicted octanol–water partition coefficient (Wildman–Crippen LogP) is 3.05. The van der Waals surface area contributed by atoms with Crippen LogP contribution < -0.4 is 5.32 Å². The highest BCUT2D eigenvalue weighted by Crippen LogP contribution is 2.26. The number of nitrogens with one attached hydrogen (secondary N) is 1. The Morgan fingerprint density at radius 3 is 2.74 bits per heavy atom. The molecule has 0 fully saturated rings. The lowest BCUT2D eigenvalue weighted by molar-refractivity contribution is -0.137. The summed E-state index contributed by atoms with van der Waals surface area (Å²) in [6, 6.07) is 4.63. The molecule has 1 amide bonds. The normalized spacial score (nSPS) is 11.9. The van der Waals surface area contributed by atoms with Gasteiger partial charge in [0.15, 0.2) is 0 Å². The second-order valence-corrected chi connectivity index (χ2v) is 5.79. The molecule has 6 heteroatoms. The molecule has 2 N–H and O–H groups in total. The molecule has 0 bridgehead atoms. The molecule has 1 aromatic rings. The minimum atomic E-state index is -0.938. The van der Waals surface area contributed by atoms with Gasteiger partial charge >= 0.3 is 5.97 Å². The van der Waals surface area contributed by atoms with Crippen molar-refractivity contribution in [3.05, 3.63) is 28.8 Å². The minimum absolute atomic E-state index is 0.102. The van der Waals surface area contributed by atoms with Crippen molar-refractivity contribution in [2.75, 3.05) is 5.75 Å². The smallest absolute Gasteiger partial charge is 0.305 e. The summed E-state index contributed by atoms with van der Waals surface area (Å²) in [6.45, 7) is 3.65. The topological polar surface area (TPSA) is 66.4 Å². The number of carbonyl (C=O) groups is 2. The number of aliphatic carboxylic acids is 1. The first-order valence-electron chi connectivity index (χ1n) is 5.89. The van der Waals surface area contributed by atoms with Crippen molar-refractivity contribution in [2.24, 2.45) is 0 Å². The quantitative estimate of drug-likeness (QED) is 0.793. The Labute approximate surface area is 121 Å². The van der Waals surface area contributed by atoms with E-state index in [1.807, 2.05) is 6.92 Å². The summed E-state index contributed by atoms with van der Waals surface area (Å²) in [5, 5.41) is 11.9. The summed E-state index contributed by atoms with van der Waals surface area (Å²) in [7, 11) is 0. The number of thioether (sulfide) groups is 1. The number of halogens is 1. The van der Waals surface area contributed by atoms with E-state index in [2.05, 4.69) is 5.32 Å². The number of carboxylic acids is 1. The standard InChI is InChI=1S/C13H16ClNO3S/c1-3-19-11-7-9(14)4-5-10(11)13(18)15-8(2)6-12(16)17/h4-5,7-8H,3,6H2,1-2H3,(H,15,18)(H,16,17). The van der Waals surface area contributed by atoms with Crippen molar-refractivity contribution in [1.29, 1.82) is 0 Å². The molecule has 0 saturated carbocycles. The van der Waals surface area contributed by atoms with Gasteiger partial charge in [-0.05, 0) is 30.9 Å². The van der Waals surface area contributed by atoms with Crippen LogP contribution in [0.15, 0.2) is 23.1 Å². The van der Waals surface area contributed by atoms with Gasteiger partial charge in [-0.3, -0.25) is 9.59 Å². The van der Waals surface area contributed by atoms with Crippen molar-refractivity contribution < 1.29 is 14.7 Å². The zero-order chi connectivity index (χ0) is 14.4. The maximum absolute atomic E-state index is 12.1. The number of amides is 1. The van der Waals surface area contributed by atoms with E-state index in [-0.39, 0.29) is 12.3 Å². The summed E-state index contributed by atoms with van der Waals surface area (Å²) in [5.74, 6) is -0.390. The second-order valence-electron chi connectivity index (χ2n) is 4.05. The summed E-state index contributed by atoms with van der Waals surface area (Å²) in [6.07, 6.45) is -0.102. The molecule has 0 aromatic heterocycles. The van der Waals surface area contributed by atoms with Gasteiger partial charge in [0.2, 0.25) is 0 Å². The van der Waals surface area contributed by atoms with Gasteiger partial charge in [0.1, 0.15) is 0 Å². The first-order chi connectivity index (χ1) is 8.93. The van der Waals surface area contributed by atoms with Crippen molar-refractivity contribution in [3.8, 4) is 0 Å². The van der Waals surface area contributed by atoms with Crippen molar-refractivity contribution >= 4 is 35.2 Å². The van der Waals surface area contributed by atoms with Crippen LogP contribution in [0.1, 0.15) is 30.6 Å². The average molecular weight is 302 g/mol. The van der Waals surface area contributed by atoms with Gasteiger partial charge in [0.05, 0.1) is 12.0 Å². The molecule has 0 spiro atoms. The van der Waals surface area contributed by atoms with E-state index in [0.29, 0.717) is 10.6 Å². The Morgan fingerprint density at radius 1 is 1.47 bits per heavy atom. The third-order valence-corrected chi connectivity index (χ3v) is 3.52. The average Bonchev–Trinajstić information content (AvgIpc) is 2.27. The fourth-order valence-corrected chi connectivity index (χ4v) is 2.65. The van der Waals surface area contributed by atoms with Crippen LogP contribution in [0.3, 0.4) is 0 Å². The van der Waals surface area contributed by atoms with Crippen LogP contribution in [0, 0.1) is 0 Å². The molecule has 0 aliphatic heterocycles. The van der Waals surface area contributed by atoms with Crippen LogP contribution in [-0.2, 0) is 4.79 Å². The first kappa shape index (κ1) is 15.9. The van der Waals surface area contributed by atoms with Crippen LogP contribution in [0.2, 0.25) is 5.02 Å². The number of hydrogen-bond acceptors (Lipinski definition) is 3. The number of carbonyl (C=O) groups excluding carboxylic acids is 1. The molecule has 1 unspecified atom stereocenters. The molecular formula is C13H16ClNO3S. The molecule has 0 aliphatic carbocycles. The fraction of sp³-hybridized carbons (Fsp3) is 0.385. The first-order valence-corrected chi connectivity index (χ1v) is 7.25. The van der Waals surface area contributed by atoms with E-state index in [0.717, 1.165) is 10.6 Å². The Balaban J connectivity index is 2.84. The fourth-order valence-electron chi connectivity index (χ4n) is 1.57.